The summed E-state index contributed by atoms with van der Waals surface area (Å²) in [5.41, 5.74) is 2.80. The maximum atomic E-state index is 13.7. The molecule has 0 bridgehead atoms. The van der Waals surface area contributed by atoms with Gasteiger partial charge in [0.25, 0.3) is 5.56 Å². The highest BCUT2D eigenvalue weighted by Crippen LogP contribution is 2.31. The molecule has 5 aromatic rings. The van der Waals surface area contributed by atoms with Gasteiger partial charge in [0.15, 0.2) is 0 Å². The molecule has 0 atom stereocenters. The Morgan fingerprint density at radius 3 is 2.38 bits per heavy atom. The SMILES string of the molecule is CCc1ccc(-n2c(=O)c3sc4ccccc4c3n(CC(=O)Nc3ccccc3C)c2=O)cc1. The fourth-order valence-electron chi connectivity index (χ4n) is 4.15. The number of thiophene rings is 1. The van der Waals surface area contributed by atoms with Gasteiger partial charge in [-0.3, -0.25) is 14.2 Å². The van der Waals surface area contributed by atoms with Crippen molar-refractivity contribution in [3.8, 4) is 5.69 Å². The van der Waals surface area contributed by atoms with Crippen LogP contribution in [0.5, 0.6) is 0 Å². The molecule has 1 N–H and O–H groups in total. The molecule has 34 heavy (non-hydrogen) atoms. The van der Waals surface area contributed by atoms with Crippen molar-refractivity contribution in [2.75, 3.05) is 5.32 Å². The molecule has 0 saturated heterocycles. The fraction of sp³-hybridized carbons (Fsp3) is 0.148. The average molecular weight is 470 g/mol. The summed E-state index contributed by atoms with van der Waals surface area (Å²) in [6.07, 6.45) is 0.855. The van der Waals surface area contributed by atoms with Crippen molar-refractivity contribution < 1.29 is 4.79 Å². The van der Waals surface area contributed by atoms with Gasteiger partial charge >= 0.3 is 5.69 Å². The molecule has 0 saturated carbocycles. The van der Waals surface area contributed by atoms with Gasteiger partial charge in [0.1, 0.15) is 11.2 Å². The van der Waals surface area contributed by atoms with E-state index in [0.29, 0.717) is 21.6 Å². The molecule has 0 unspecified atom stereocenters. The quantitative estimate of drug-likeness (QED) is 0.399. The maximum Gasteiger partial charge on any atom is 0.336 e. The van der Waals surface area contributed by atoms with E-state index in [-0.39, 0.29) is 18.0 Å². The summed E-state index contributed by atoms with van der Waals surface area (Å²) in [5, 5.41) is 3.68. The molecule has 6 nitrogen and oxygen atoms in total. The summed E-state index contributed by atoms with van der Waals surface area (Å²) in [5.74, 6) is -0.334. The summed E-state index contributed by atoms with van der Waals surface area (Å²) in [6, 6.07) is 22.4. The van der Waals surface area contributed by atoms with Gasteiger partial charge in [0, 0.05) is 15.8 Å². The summed E-state index contributed by atoms with van der Waals surface area (Å²) >= 11 is 1.34. The zero-order chi connectivity index (χ0) is 23.8. The van der Waals surface area contributed by atoms with E-state index in [0.717, 1.165) is 32.2 Å². The number of amides is 1. The molecule has 2 aromatic heterocycles. The van der Waals surface area contributed by atoms with Crippen LogP contribution >= 0.6 is 11.3 Å². The molecule has 0 aliphatic carbocycles. The Morgan fingerprint density at radius 2 is 1.65 bits per heavy atom. The zero-order valence-electron chi connectivity index (χ0n) is 18.9. The first kappa shape index (κ1) is 21.9. The summed E-state index contributed by atoms with van der Waals surface area (Å²) < 4.78 is 3.92. The van der Waals surface area contributed by atoms with Crippen LogP contribution in [0.4, 0.5) is 5.69 Å². The van der Waals surface area contributed by atoms with Crippen LogP contribution in [0.1, 0.15) is 18.1 Å². The number of carbonyl (C=O) groups excluding carboxylic acids is 1. The number of rotatable bonds is 5. The second kappa shape index (κ2) is 8.76. The number of hydrogen-bond donors (Lipinski definition) is 1. The van der Waals surface area contributed by atoms with Gasteiger partial charge in [-0.25, -0.2) is 9.36 Å². The van der Waals surface area contributed by atoms with Crippen LogP contribution in [-0.4, -0.2) is 15.0 Å². The van der Waals surface area contributed by atoms with E-state index in [1.807, 2.05) is 74.5 Å². The fourth-order valence-corrected chi connectivity index (χ4v) is 5.29. The number of benzene rings is 3. The molecule has 0 aliphatic rings. The Kier molecular flexibility index (Phi) is 5.63. The van der Waals surface area contributed by atoms with Gasteiger partial charge in [-0.2, -0.15) is 0 Å². The summed E-state index contributed by atoms with van der Waals surface area (Å²) in [7, 11) is 0. The molecule has 0 spiro atoms. The smallest absolute Gasteiger partial charge is 0.324 e. The third-order valence-electron chi connectivity index (χ3n) is 5.98. The van der Waals surface area contributed by atoms with Crippen LogP contribution in [0, 0.1) is 6.92 Å². The Labute approximate surface area is 199 Å². The number of nitrogens with zero attached hydrogens (tertiary/aromatic N) is 2. The second-order valence-electron chi connectivity index (χ2n) is 8.17. The minimum Gasteiger partial charge on any atom is -0.324 e. The van der Waals surface area contributed by atoms with Gasteiger partial charge in [-0.1, -0.05) is 55.5 Å². The highest BCUT2D eigenvalue weighted by Gasteiger charge is 2.21. The van der Waals surface area contributed by atoms with Crippen LogP contribution in [-0.2, 0) is 17.8 Å². The molecule has 2 heterocycles. The maximum absolute atomic E-state index is 13.7. The van der Waals surface area contributed by atoms with E-state index < -0.39 is 5.69 Å². The van der Waals surface area contributed by atoms with E-state index in [4.69, 9.17) is 0 Å². The largest absolute Gasteiger partial charge is 0.336 e. The minimum absolute atomic E-state index is 0.211. The third kappa shape index (κ3) is 3.74. The highest BCUT2D eigenvalue weighted by molar-refractivity contribution is 7.25. The lowest BCUT2D eigenvalue weighted by Gasteiger charge is -2.14. The molecule has 7 heteroatoms. The molecule has 170 valence electrons. The van der Waals surface area contributed by atoms with Gasteiger partial charge in [-0.15, -0.1) is 11.3 Å². The average Bonchev–Trinajstić information content (AvgIpc) is 3.24. The molecule has 3 aromatic carbocycles. The van der Waals surface area contributed by atoms with E-state index >= 15 is 0 Å². The van der Waals surface area contributed by atoms with Crippen molar-refractivity contribution in [1.82, 2.24) is 9.13 Å². The number of anilines is 1. The number of carbonyl (C=O) groups is 1. The number of nitrogens with one attached hydrogen (secondary N) is 1. The lowest BCUT2D eigenvalue weighted by Crippen LogP contribution is -2.40. The standard InChI is InChI=1S/C27H23N3O3S/c1-3-18-12-14-19(15-13-18)30-26(32)25-24(20-9-5-7-11-22(20)34-25)29(27(30)33)16-23(31)28-21-10-6-4-8-17(21)2/h4-15H,3,16H2,1-2H3,(H,28,31). The second-order valence-corrected chi connectivity index (χ2v) is 9.22. The summed E-state index contributed by atoms with van der Waals surface area (Å²) in [4.78, 5) is 40.3. The molecule has 0 fully saturated rings. The molecular weight excluding hydrogens is 446 g/mol. The molecular formula is C27H23N3O3S. The van der Waals surface area contributed by atoms with Gasteiger partial charge in [0.05, 0.1) is 11.2 Å². The molecule has 1 amide bonds. The number of fused-ring (bicyclic) bond motifs is 3. The normalized spacial score (nSPS) is 11.2. The van der Waals surface area contributed by atoms with Crippen LogP contribution in [0.15, 0.2) is 82.4 Å². The van der Waals surface area contributed by atoms with E-state index in [2.05, 4.69) is 5.32 Å². The monoisotopic (exact) mass is 469 g/mol. The van der Waals surface area contributed by atoms with Gasteiger partial charge < -0.3 is 5.32 Å². The number of aryl methyl sites for hydroxylation is 2. The van der Waals surface area contributed by atoms with E-state index in [1.54, 1.807) is 12.1 Å². The molecule has 5 rings (SSSR count). The van der Waals surface area contributed by atoms with Crippen LogP contribution in [0.3, 0.4) is 0 Å². The predicted molar refractivity (Wildman–Crippen MR) is 138 cm³/mol. The minimum atomic E-state index is -0.537. The third-order valence-corrected chi connectivity index (χ3v) is 7.13. The molecule has 0 aliphatic heterocycles. The number of para-hydroxylation sites is 1. The van der Waals surface area contributed by atoms with Crippen LogP contribution < -0.4 is 16.6 Å². The first-order valence-electron chi connectivity index (χ1n) is 11.1. The lowest BCUT2D eigenvalue weighted by atomic mass is 10.1. The number of hydrogen-bond acceptors (Lipinski definition) is 4. The van der Waals surface area contributed by atoms with Crippen molar-refractivity contribution in [3.63, 3.8) is 0 Å². The Hall–Kier alpha value is -3.97. The first-order valence-corrected chi connectivity index (χ1v) is 11.9. The molecule has 0 radical (unpaired) electrons. The van der Waals surface area contributed by atoms with Crippen molar-refractivity contribution >= 4 is 43.2 Å². The van der Waals surface area contributed by atoms with Gasteiger partial charge in [-0.05, 0) is 48.7 Å². The van der Waals surface area contributed by atoms with Crippen molar-refractivity contribution in [1.29, 1.82) is 0 Å². The number of aromatic nitrogens is 2. The highest BCUT2D eigenvalue weighted by atomic mass is 32.1. The topological polar surface area (TPSA) is 73.1 Å². The lowest BCUT2D eigenvalue weighted by molar-refractivity contribution is -0.116. The van der Waals surface area contributed by atoms with Crippen LogP contribution in [0.2, 0.25) is 0 Å². The van der Waals surface area contributed by atoms with Crippen LogP contribution in [0.25, 0.3) is 26.0 Å². The van der Waals surface area contributed by atoms with Gasteiger partial charge in [0.2, 0.25) is 5.91 Å². The predicted octanol–water partition coefficient (Wildman–Crippen LogP) is 4.88. The van der Waals surface area contributed by atoms with Crippen molar-refractivity contribution in [2.45, 2.75) is 26.8 Å². The van der Waals surface area contributed by atoms with Crippen molar-refractivity contribution in [2.24, 2.45) is 0 Å². The Balaban J connectivity index is 1.71. The van der Waals surface area contributed by atoms with E-state index in [9.17, 15) is 14.4 Å². The summed E-state index contributed by atoms with van der Waals surface area (Å²) in [6.45, 7) is 3.74. The van der Waals surface area contributed by atoms with Crippen molar-refractivity contribution in [3.05, 3.63) is 105 Å². The zero-order valence-corrected chi connectivity index (χ0v) is 19.7. The Bertz CT molecular complexity index is 1660. The Morgan fingerprint density at radius 1 is 0.941 bits per heavy atom. The van der Waals surface area contributed by atoms with E-state index in [1.165, 1.54) is 15.9 Å². The first-order chi connectivity index (χ1) is 16.5.